The number of nitrogens with zero attached hydrogens (tertiary/aromatic N) is 1. The van der Waals surface area contributed by atoms with Crippen LogP contribution in [0.1, 0.15) is 24.0 Å². The number of hydrogen-bond donors (Lipinski definition) is 2. The van der Waals surface area contributed by atoms with E-state index in [4.69, 9.17) is 22.1 Å². The van der Waals surface area contributed by atoms with Crippen molar-refractivity contribution in [2.24, 2.45) is 5.73 Å². The predicted octanol–water partition coefficient (Wildman–Crippen LogP) is 3.07. The van der Waals surface area contributed by atoms with Gasteiger partial charge >= 0.3 is 0 Å². The van der Waals surface area contributed by atoms with E-state index in [1.165, 1.54) is 0 Å². The summed E-state index contributed by atoms with van der Waals surface area (Å²) in [4.78, 5) is 7.82. The van der Waals surface area contributed by atoms with E-state index in [1.54, 1.807) is 7.11 Å². The van der Waals surface area contributed by atoms with E-state index in [0.29, 0.717) is 11.6 Å². The van der Waals surface area contributed by atoms with Gasteiger partial charge in [0.15, 0.2) is 0 Å². The number of halogens is 1. The summed E-state index contributed by atoms with van der Waals surface area (Å²) < 4.78 is 5.03. The van der Waals surface area contributed by atoms with Crippen molar-refractivity contribution in [2.75, 3.05) is 13.7 Å². The fourth-order valence-corrected chi connectivity index (χ4v) is 2.15. The van der Waals surface area contributed by atoms with E-state index < -0.39 is 0 Å². The molecule has 2 rings (SSSR count). The molecule has 4 nitrogen and oxygen atoms in total. The van der Waals surface area contributed by atoms with Crippen molar-refractivity contribution < 1.29 is 4.74 Å². The number of aromatic amines is 1. The lowest BCUT2D eigenvalue weighted by molar-refractivity contribution is 0.187. The molecule has 1 aromatic carbocycles. The largest absolute Gasteiger partial charge is 0.385 e. The van der Waals surface area contributed by atoms with Gasteiger partial charge < -0.3 is 15.5 Å². The number of imidazole rings is 1. The molecule has 0 aliphatic rings. The first kappa shape index (κ1) is 14.1. The normalized spacial score (nSPS) is 12.6. The first-order valence-electron chi connectivity index (χ1n) is 6.18. The maximum Gasteiger partial charge on any atom is 0.124 e. The van der Waals surface area contributed by atoms with E-state index in [2.05, 4.69) is 9.97 Å². The van der Waals surface area contributed by atoms with Crippen LogP contribution in [0.5, 0.6) is 0 Å². The molecule has 1 unspecified atom stereocenters. The zero-order valence-corrected chi connectivity index (χ0v) is 11.9. The molecule has 0 fully saturated rings. The van der Waals surface area contributed by atoms with E-state index in [1.807, 2.05) is 31.2 Å². The Hall–Kier alpha value is -1.36. The van der Waals surface area contributed by atoms with Crippen LogP contribution in [0.15, 0.2) is 24.3 Å². The lowest BCUT2D eigenvalue weighted by atomic mass is 10.1. The van der Waals surface area contributed by atoms with Crippen molar-refractivity contribution in [3.8, 4) is 11.3 Å². The fourth-order valence-electron chi connectivity index (χ4n) is 1.96. The zero-order valence-electron chi connectivity index (χ0n) is 11.1. The average molecular weight is 280 g/mol. The van der Waals surface area contributed by atoms with Crippen molar-refractivity contribution in [3.05, 3.63) is 40.8 Å². The Morgan fingerprint density at radius 3 is 2.95 bits per heavy atom. The third-order valence-corrected chi connectivity index (χ3v) is 3.22. The van der Waals surface area contributed by atoms with Crippen molar-refractivity contribution in [3.63, 3.8) is 0 Å². The SMILES string of the molecule is COCCC(N)c1nc(-c2cccc(Cl)c2)c(C)[nH]1. The molecule has 5 heteroatoms. The highest BCUT2D eigenvalue weighted by Crippen LogP contribution is 2.25. The quantitative estimate of drug-likeness (QED) is 0.884. The van der Waals surface area contributed by atoms with Gasteiger partial charge in [0.25, 0.3) is 0 Å². The highest BCUT2D eigenvalue weighted by Gasteiger charge is 2.14. The van der Waals surface area contributed by atoms with E-state index in [9.17, 15) is 0 Å². The minimum atomic E-state index is -0.147. The third-order valence-electron chi connectivity index (χ3n) is 2.99. The number of ether oxygens (including phenoxy) is 1. The summed E-state index contributed by atoms with van der Waals surface area (Å²) in [6.45, 7) is 2.60. The highest BCUT2D eigenvalue weighted by molar-refractivity contribution is 6.30. The van der Waals surface area contributed by atoms with Crippen molar-refractivity contribution in [1.82, 2.24) is 9.97 Å². The molecule has 0 saturated heterocycles. The van der Waals surface area contributed by atoms with Crippen molar-refractivity contribution in [1.29, 1.82) is 0 Å². The second-order valence-corrected chi connectivity index (χ2v) is 4.93. The van der Waals surface area contributed by atoms with E-state index in [-0.39, 0.29) is 6.04 Å². The molecular formula is C14H18ClN3O. The van der Waals surface area contributed by atoms with Gasteiger partial charge in [0.1, 0.15) is 5.82 Å². The molecule has 1 heterocycles. The van der Waals surface area contributed by atoms with Gasteiger partial charge in [0.2, 0.25) is 0 Å². The number of aryl methyl sites for hydroxylation is 1. The number of methoxy groups -OCH3 is 1. The summed E-state index contributed by atoms with van der Waals surface area (Å²) in [5.41, 5.74) is 8.95. The number of aromatic nitrogens is 2. The van der Waals surface area contributed by atoms with E-state index >= 15 is 0 Å². The Kier molecular flexibility index (Phi) is 4.58. The highest BCUT2D eigenvalue weighted by atomic mass is 35.5. The van der Waals surface area contributed by atoms with Crippen LogP contribution in [0, 0.1) is 6.92 Å². The lowest BCUT2D eigenvalue weighted by Gasteiger charge is -2.06. The van der Waals surface area contributed by atoms with Crippen LogP contribution >= 0.6 is 11.6 Å². The third kappa shape index (κ3) is 3.35. The van der Waals surface area contributed by atoms with Gasteiger partial charge in [-0.1, -0.05) is 23.7 Å². The van der Waals surface area contributed by atoms with Gasteiger partial charge in [-0.3, -0.25) is 0 Å². The lowest BCUT2D eigenvalue weighted by Crippen LogP contribution is -2.14. The van der Waals surface area contributed by atoms with Crippen LogP contribution in [0.3, 0.4) is 0 Å². The summed E-state index contributed by atoms with van der Waals surface area (Å²) in [5, 5.41) is 0.699. The first-order chi connectivity index (χ1) is 9.11. The molecular weight excluding hydrogens is 262 g/mol. The molecule has 1 aromatic heterocycles. The van der Waals surface area contributed by atoms with Crippen LogP contribution in [-0.4, -0.2) is 23.7 Å². The van der Waals surface area contributed by atoms with Crippen molar-refractivity contribution >= 4 is 11.6 Å². The smallest absolute Gasteiger partial charge is 0.124 e. The molecule has 0 radical (unpaired) electrons. The van der Waals surface area contributed by atoms with Gasteiger partial charge in [0.05, 0.1) is 11.7 Å². The minimum absolute atomic E-state index is 0.147. The van der Waals surface area contributed by atoms with Crippen LogP contribution in [0.25, 0.3) is 11.3 Å². The first-order valence-corrected chi connectivity index (χ1v) is 6.56. The Morgan fingerprint density at radius 2 is 2.26 bits per heavy atom. The zero-order chi connectivity index (χ0) is 13.8. The van der Waals surface area contributed by atoms with Crippen molar-refractivity contribution in [2.45, 2.75) is 19.4 Å². The van der Waals surface area contributed by atoms with Crippen LogP contribution in [-0.2, 0) is 4.74 Å². The van der Waals surface area contributed by atoms with Crippen LogP contribution < -0.4 is 5.73 Å². The fraction of sp³-hybridized carbons (Fsp3) is 0.357. The number of nitrogens with two attached hydrogens (primary N) is 1. The second kappa shape index (κ2) is 6.19. The Balaban J connectivity index is 2.26. The monoisotopic (exact) mass is 279 g/mol. The van der Waals surface area contributed by atoms with Gasteiger partial charge in [-0.05, 0) is 25.5 Å². The number of rotatable bonds is 5. The second-order valence-electron chi connectivity index (χ2n) is 4.49. The number of hydrogen-bond acceptors (Lipinski definition) is 3. The van der Waals surface area contributed by atoms with Crippen LogP contribution in [0.4, 0.5) is 0 Å². The molecule has 19 heavy (non-hydrogen) atoms. The van der Waals surface area contributed by atoms with Crippen LogP contribution in [0.2, 0.25) is 5.02 Å². The number of nitrogens with one attached hydrogen (secondary N) is 1. The maximum absolute atomic E-state index is 6.07. The molecule has 3 N–H and O–H groups in total. The van der Waals surface area contributed by atoms with Gasteiger partial charge in [0, 0.05) is 30.0 Å². The van der Waals surface area contributed by atoms with Gasteiger partial charge in [-0.25, -0.2) is 4.98 Å². The van der Waals surface area contributed by atoms with Gasteiger partial charge in [-0.15, -0.1) is 0 Å². The van der Waals surface area contributed by atoms with Gasteiger partial charge in [-0.2, -0.15) is 0 Å². The molecule has 0 saturated carbocycles. The minimum Gasteiger partial charge on any atom is -0.385 e. The predicted molar refractivity (Wildman–Crippen MR) is 77.2 cm³/mol. The summed E-state index contributed by atoms with van der Waals surface area (Å²) >= 11 is 6.01. The topological polar surface area (TPSA) is 63.9 Å². The molecule has 0 aliphatic heterocycles. The molecule has 0 amide bonds. The molecule has 2 aromatic rings. The number of benzene rings is 1. The molecule has 0 bridgehead atoms. The summed E-state index contributed by atoms with van der Waals surface area (Å²) in [6.07, 6.45) is 0.735. The Labute approximate surface area is 117 Å². The summed E-state index contributed by atoms with van der Waals surface area (Å²) in [7, 11) is 1.66. The standard InChI is InChI=1S/C14H18ClN3O/c1-9-13(10-4-3-5-11(15)8-10)18-14(17-9)12(16)6-7-19-2/h3-5,8,12H,6-7,16H2,1-2H3,(H,17,18). The molecule has 0 aliphatic carbocycles. The molecule has 0 spiro atoms. The average Bonchev–Trinajstić information content (AvgIpc) is 2.78. The van der Waals surface area contributed by atoms with E-state index in [0.717, 1.165) is 29.2 Å². The maximum atomic E-state index is 6.07. The summed E-state index contributed by atoms with van der Waals surface area (Å²) in [6, 6.07) is 7.50. The summed E-state index contributed by atoms with van der Waals surface area (Å²) in [5.74, 6) is 0.782. The molecule has 102 valence electrons. The molecule has 1 atom stereocenters. The Morgan fingerprint density at radius 1 is 1.47 bits per heavy atom. The Bertz CT molecular complexity index is 553. The number of H-pyrrole nitrogens is 1.